The van der Waals surface area contributed by atoms with Crippen LogP contribution in [0.5, 0.6) is 0 Å². The summed E-state index contributed by atoms with van der Waals surface area (Å²) in [6.45, 7) is 5.88. The number of esters is 1. The van der Waals surface area contributed by atoms with Gasteiger partial charge in [0.2, 0.25) is 0 Å². The molecule has 0 radical (unpaired) electrons. The van der Waals surface area contributed by atoms with Gasteiger partial charge in [-0.25, -0.2) is 9.18 Å². The number of halogens is 2. The second-order valence-corrected chi connectivity index (χ2v) is 9.33. The van der Waals surface area contributed by atoms with Gasteiger partial charge < -0.3 is 9.30 Å². The Hall–Kier alpha value is -3.36. The van der Waals surface area contributed by atoms with Crippen LogP contribution >= 0.6 is 23.4 Å². The van der Waals surface area contributed by atoms with Crippen LogP contribution in [0.3, 0.4) is 0 Å². The third-order valence-corrected chi connectivity index (χ3v) is 6.87. The van der Waals surface area contributed by atoms with Gasteiger partial charge in [0, 0.05) is 22.1 Å². The van der Waals surface area contributed by atoms with Crippen molar-refractivity contribution in [2.24, 2.45) is 0 Å². The molecule has 2 aromatic carbocycles. The highest BCUT2D eigenvalue weighted by Crippen LogP contribution is 2.35. The minimum Gasteiger partial charge on any atom is -0.462 e. The van der Waals surface area contributed by atoms with E-state index < -0.39 is 17.0 Å². The fourth-order valence-electron chi connectivity index (χ4n) is 3.89. The van der Waals surface area contributed by atoms with E-state index in [1.54, 1.807) is 25.1 Å². The van der Waals surface area contributed by atoms with Crippen LogP contribution in [0.4, 0.5) is 9.18 Å². The quantitative estimate of drug-likeness (QED) is 0.286. The summed E-state index contributed by atoms with van der Waals surface area (Å²) in [5.41, 5.74) is 4.40. The van der Waals surface area contributed by atoms with Crippen molar-refractivity contribution in [3.8, 4) is 5.69 Å². The standard InChI is InChI=1S/C26H22ClFN2O4S/c1-4-34-25(32)17-6-9-21(10-7-17)30-15(2)11-19(16(30)3)12-23-24(31)29(26(33)35-23)14-18-5-8-20(28)13-22(18)27/h5-13H,4,14H2,1-3H3/b23-12-. The Morgan fingerprint density at radius 3 is 2.49 bits per heavy atom. The molecule has 0 spiro atoms. The van der Waals surface area contributed by atoms with Crippen LogP contribution in [0.2, 0.25) is 5.02 Å². The monoisotopic (exact) mass is 512 g/mol. The van der Waals surface area contributed by atoms with Gasteiger partial charge in [-0.2, -0.15) is 0 Å². The van der Waals surface area contributed by atoms with Gasteiger partial charge in [0.15, 0.2) is 0 Å². The number of nitrogens with zero attached hydrogens (tertiary/aromatic N) is 2. The van der Waals surface area contributed by atoms with Gasteiger partial charge >= 0.3 is 5.97 Å². The lowest BCUT2D eigenvalue weighted by Crippen LogP contribution is -2.27. The molecule has 0 bridgehead atoms. The summed E-state index contributed by atoms with van der Waals surface area (Å²) in [6, 6.07) is 12.9. The molecule has 9 heteroatoms. The zero-order valence-corrected chi connectivity index (χ0v) is 20.9. The minimum absolute atomic E-state index is 0.0348. The van der Waals surface area contributed by atoms with Gasteiger partial charge in [-0.1, -0.05) is 17.7 Å². The zero-order valence-electron chi connectivity index (χ0n) is 19.3. The highest BCUT2D eigenvalue weighted by molar-refractivity contribution is 8.18. The second-order valence-electron chi connectivity index (χ2n) is 7.93. The van der Waals surface area contributed by atoms with Gasteiger partial charge in [-0.15, -0.1) is 0 Å². The molecule has 1 saturated heterocycles. The predicted octanol–water partition coefficient (Wildman–Crippen LogP) is 6.30. The Balaban J connectivity index is 1.58. The van der Waals surface area contributed by atoms with E-state index in [0.29, 0.717) is 22.6 Å². The van der Waals surface area contributed by atoms with Gasteiger partial charge in [-0.3, -0.25) is 14.5 Å². The van der Waals surface area contributed by atoms with E-state index in [4.69, 9.17) is 16.3 Å². The van der Waals surface area contributed by atoms with E-state index in [-0.39, 0.29) is 17.5 Å². The number of benzene rings is 2. The summed E-state index contributed by atoms with van der Waals surface area (Å²) in [5.74, 6) is -1.29. The molecule has 180 valence electrons. The SMILES string of the molecule is CCOC(=O)c1ccc(-n2c(C)cc(/C=C3\SC(=O)N(Cc4ccc(F)cc4Cl)C3=O)c2C)cc1. The molecule has 0 aliphatic carbocycles. The highest BCUT2D eigenvalue weighted by atomic mass is 35.5. The number of carbonyl (C=O) groups is 3. The van der Waals surface area contributed by atoms with Crippen LogP contribution in [-0.4, -0.2) is 33.2 Å². The number of thioether (sulfide) groups is 1. The van der Waals surface area contributed by atoms with Crippen molar-refractivity contribution in [3.05, 3.63) is 92.4 Å². The van der Waals surface area contributed by atoms with E-state index >= 15 is 0 Å². The smallest absolute Gasteiger partial charge is 0.338 e. The molecule has 1 aliphatic rings. The molecule has 0 N–H and O–H groups in total. The molecule has 1 aromatic heterocycles. The van der Waals surface area contributed by atoms with Crippen molar-refractivity contribution in [3.63, 3.8) is 0 Å². The number of ether oxygens (including phenoxy) is 1. The van der Waals surface area contributed by atoms with Crippen LogP contribution in [0.25, 0.3) is 11.8 Å². The van der Waals surface area contributed by atoms with Crippen molar-refractivity contribution in [2.45, 2.75) is 27.3 Å². The number of hydrogen-bond donors (Lipinski definition) is 0. The molecule has 0 atom stereocenters. The maximum absolute atomic E-state index is 13.3. The first-order chi connectivity index (χ1) is 16.7. The van der Waals surface area contributed by atoms with E-state index in [2.05, 4.69) is 0 Å². The van der Waals surface area contributed by atoms with Gasteiger partial charge in [-0.05, 0) is 92.2 Å². The summed E-state index contributed by atoms with van der Waals surface area (Å²) in [5, 5.41) is -0.254. The summed E-state index contributed by atoms with van der Waals surface area (Å²) in [4.78, 5) is 38.9. The maximum Gasteiger partial charge on any atom is 0.338 e. The number of hydrogen-bond acceptors (Lipinski definition) is 5. The molecular weight excluding hydrogens is 491 g/mol. The van der Waals surface area contributed by atoms with E-state index in [9.17, 15) is 18.8 Å². The van der Waals surface area contributed by atoms with Crippen LogP contribution < -0.4 is 0 Å². The van der Waals surface area contributed by atoms with Gasteiger partial charge in [0.25, 0.3) is 11.1 Å². The molecule has 4 rings (SSSR count). The lowest BCUT2D eigenvalue weighted by molar-refractivity contribution is -0.123. The van der Waals surface area contributed by atoms with Crippen molar-refractivity contribution >= 4 is 46.6 Å². The molecule has 1 fully saturated rings. The summed E-state index contributed by atoms with van der Waals surface area (Å²) >= 11 is 6.93. The summed E-state index contributed by atoms with van der Waals surface area (Å²) in [7, 11) is 0. The highest BCUT2D eigenvalue weighted by Gasteiger charge is 2.35. The zero-order chi connectivity index (χ0) is 25.3. The first-order valence-electron chi connectivity index (χ1n) is 10.9. The van der Waals surface area contributed by atoms with Crippen LogP contribution in [0, 0.1) is 19.7 Å². The van der Waals surface area contributed by atoms with Gasteiger partial charge in [0.05, 0.1) is 23.6 Å². The molecule has 2 amide bonds. The summed E-state index contributed by atoms with van der Waals surface area (Å²) < 4.78 is 20.4. The molecule has 0 unspecified atom stereocenters. The fourth-order valence-corrected chi connectivity index (χ4v) is 4.95. The molecule has 35 heavy (non-hydrogen) atoms. The second kappa shape index (κ2) is 10.1. The average Bonchev–Trinajstić information content (AvgIpc) is 3.24. The minimum atomic E-state index is -0.487. The van der Waals surface area contributed by atoms with Crippen molar-refractivity contribution in [1.29, 1.82) is 0 Å². The molecule has 1 aliphatic heterocycles. The van der Waals surface area contributed by atoms with E-state index in [1.165, 1.54) is 12.1 Å². The predicted molar refractivity (Wildman–Crippen MR) is 134 cm³/mol. The third kappa shape index (κ3) is 5.04. The number of carbonyl (C=O) groups excluding carboxylic acids is 3. The largest absolute Gasteiger partial charge is 0.462 e. The first kappa shape index (κ1) is 24.8. The first-order valence-corrected chi connectivity index (χ1v) is 12.0. The topological polar surface area (TPSA) is 68.6 Å². The maximum atomic E-state index is 13.3. The number of rotatable bonds is 6. The Kier molecular flexibility index (Phi) is 7.14. The van der Waals surface area contributed by atoms with Crippen LogP contribution in [0.15, 0.2) is 53.4 Å². The number of aryl methyl sites for hydroxylation is 1. The average molecular weight is 513 g/mol. The molecule has 2 heterocycles. The molecule has 6 nitrogen and oxygen atoms in total. The Morgan fingerprint density at radius 1 is 1.11 bits per heavy atom. The van der Waals surface area contributed by atoms with Crippen molar-refractivity contribution < 1.29 is 23.5 Å². The Bertz CT molecular complexity index is 1360. The van der Waals surface area contributed by atoms with Crippen molar-refractivity contribution in [1.82, 2.24) is 9.47 Å². The van der Waals surface area contributed by atoms with Crippen LogP contribution in [-0.2, 0) is 16.1 Å². The molecular formula is C26H22ClFN2O4S. The number of imide groups is 1. The van der Waals surface area contributed by atoms with E-state index in [0.717, 1.165) is 45.4 Å². The Labute approximate surface area is 211 Å². The number of aromatic nitrogens is 1. The Morgan fingerprint density at radius 2 is 1.83 bits per heavy atom. The molecule has 3 aromatic rings. The normalized spacial score (nSPS) is 14.8. The fraction of sp³-hybridized carbons (Fsp3) is 0.192. The lowest BCUT2D eigenvalue weighted by atomic mass is 10.2. The van der Waals surface area contributed by atoms with Crippen LogP contribution in [0.1, 0.15) is 39.8 Å². The number of amides is 2. The molecule has 0 saturated carbocycles. The van der Waals surface area contributed by atoms with Crippen molar-refractivity contribution in [2.75, 3.05) is 6.61 Å². The van der Waals surface area contributed by atoms with Gasteiger partial charge in [0.1, 0.15) is 5.82 Å². The summed E-state index contributed by atoms with van der Waals surface area (Å²) in [6.07, 6.45) is 1.70. The third-order valence-electron chi connectivity index (χ3n) is 5.61. The van der Waals surface area contributed by atoms with E-state index in [1.807, 2.05) is 36.6 Å². The lowest BCUT2D eigenvalue weighted by Gasteiger charge is -2.13.